The SMILES string of the molecule is COCCOCCCC1(C(C)O)CC1. The van der Waals surface area contributed by atoms with Gasteiger partial charge in [-0.05, 0) is 38.0 Å². The number of methoxy groups -OCH3 is 1. The van der Waals surface area contributed by atoms with Crippen LogP contribution in [0.25, 0.3) is 0 Å². The Morgan fingerprint density at radius 3 is 2.50 bits per heavy atom. The van der Waals surface area contributed by atoms with Crippen molar-refractivity contribution in [3.63, 3.8) is 0 Å². The summed E-state index contributed by atoms with van der Waals surface area (Å²) < 4.78 is 10.2. The first-order valence-corrected chi connectivity index (χ1v) is 5.46. The fourth-order valence-electron chi connectivity index (χ4n) is 1.81. The molecule has 14 heavy (non-hydrogen) atoms. The molecule has 0 saturated heterocycles. The van der Waals surface area contributed by atoms with Gasteiger partial charge in [-0.1, -0.05) is 0 Å². The average Bonchev–Trinajstić information content (AvgIpc) is 2.92. The Hall–Kier alpha value is -0.120. The summed E-state index contributed by atoms with van der Waals surface area (Å²) in [6.45, 7) is 4.04. The number of aliphatic hydroxyl groups excluding tert-OH is 1. The van der Waals surface area contributed by atoms with E-state index in [-0.39, 0.29) is 11.5 Å². The Morgan fingerprint density at radius 2 is 2.00 bits per heavy atom. The maximum absolute atomic E-state index is 9.52. The van der Waals surface area contributed by atoms with Gasteiger partial charge in [0.15, 0.2) is 0 Å². The third-order valence-electron chi connectivity index (χ3n) is 3.17. The maximum Gasteiger partial charge on any atom is 0.0700 e. The molecule has 0 aromatic rings. The van der Waals surface area contributed by atoms with Gasteiger partial charge in [-0.15, -0.1) is 0 Å². The Bertz CT molecular complexity index is 153. The highest BCUT2D eigenvalue weighted by Crippen LogP contribution is 2.52. The van der Waals surface area contributed by atoms with E-state index < -0.39 is 0 Å². The molecule has 1 fully saturated rings. The van der Waals surface area contributed by atoms with E-state index in [1.165, 1.54) is 12.8 Å². The minimum Gasteiger partial charge on any atom is -0.393 e. The lowest BCUT2D eigenvalue weighted by Gasteiger charge is -2.17. The van der Waals surface area contributed by atoms with E-state index in [0.29, 0.717) is 13.2 Å². The van der Waals surface area contributed by atoms with Crippen LogP contribution in [-0.2, 0) is 9.47 Å². The Kier molecular flexibility index (Phi) is 4.85. The quantitative estimate of drug-likeness (QED) is 0.607. The molecule has 1 N–H and O–H groups in total. The van der Waals surface area contributed by atoms with Gasteiger partial charge in [0.05, 0.1) is 19.3 Å². The minimum absolute atomic E-state index is 0.151. The predicted molar refractivity (Wildman–Crippen MR) is 55.3 cm³/mol. The van der Waals surface area contributed by atoms with Crippen molar-refractivity contribution in [2.24, 2.45) is 5.41 Å². The van der Waals surface area contributed by atoms with E-state index in [2.05, 4.69) is 0 Å². The second-order valence-corrected chi connectivity index (χ2v) is 4.25. The summed E-state index contributed by atoms with van der Waals surface area (Å²) in [6, 6.07) is 0. The van der Waals surface area contributed by atoms with Crippen LogP contribution in [0.5, 0.6) is 0 Å². The van der Waals surface area contributed by atoms with Crippen LogP contribution in [0.2, 0.25) is 0 Å². The highest BCUT2D eigenvalue weighted by molar-refractivity contribution is 4.96. The van der Waals surface area contributed by atoms with Crippen molar-refractivity contribution < 1.29 is 14.6 Å². The molecular weight excluding hydrogens is 180 g/mol. The van der Waals surface area contributed by atoms with Gasteiger partial charge in [-0.3, -0.25) is 0 Å². The van der Waals surface area contributed by atoms with Crippen molar-refractivity contribution in [2.75, 3.05) is 26.9 Å². The van der Waals surface area contributed by atoms with Crippen molar-refractivity contribution in [2.45, 2.75) is 38.7 Å². The molecule has 0 bridgehead atoms. The molecule has 1 unspecified atom stereocenters. The topological polar surface area (TPSA) is 38.7 Å². The summed E-state index contributed by atoms with van der Waals surface area (Å²) >= 11 is 0. The van der Waals surface area contributed by atoms with Crippen LogP contribution in [0.3, 0.4) is 0 Å². The number of hydrogen-bond acceptors (Lipinski definition) is 3. The van der Waals surface area contributed by atoms with Crippen LogP contribution in [0.4, 0.5) is 0 Å². The van der Waals surface area contributed by atoms with Crippen LogP contribution in [0.1, 0.15) is 32.6 Å². The normalized spacial score (nSPS) is 20.8. The van der Waals surface area contributed by atoms with Crippen LogP contribution < -0.4 is 0 Å². The summed E-state index contributed by atoms with van der Waals surface area (Å²) in [7, 11) is 1.68. The molecule has 84 valence electrons. The molecule has 0 aromatic heterocycles. The highest BCUT2D eigenvalue weighted by atomic mass is 16.5. The molecule has 0 heterocycles. The van der Waals surface area contributed by atoms with E-state index in [0.717, 1.165) is 19.4 Å². The zero-order chi connectivity index (χ0) is 10.4. The van der Waals surface area contributed by atoms with Crippen LogP contribution in [0.15, 0.2) is 0 Å². The summed E-state index contributed by atoms with van der Waals surface area (Å²) in [5.74, 6) is 0. The lowest BCUT2D eigenvalue weighted by Crippen LogP contribution is -2.18. The lowest BCUT2D eigenvalue weighted by molar-refractivity contribution is 0.0573. The Morgan fingerprint density at radius 1 is 1.29 bits per heavy atom. The van der Waals surface area contributed by atoms with E-state index in [1.54, 1.807) is 7.11 Å². The molecule has 0 amide bonds. The molecule has 0 aliphatic heterocycles. The number of hydrogen-bond donors (Lipinski definition) is 1. The first-order valence-electron chi connectivity index (χ1n) is 5.46. The molecule has 1 aliphatic carbocycles. The van der Waals surface area contributed by atoms with Gasteiger partial charge >= 0.3 is 0 Å². The molecule has 3 nitrogen and oxygen atoms in total. The monoisotopic (exact) mass is 202 g/mol. The summed E-state index contributed by atoms with van der Waals surface area (Å²) in [5, 5.41) is 9.52. The smallest absolute Gasteiger partial charge is 0.0700 e. The predicted octanol–water partition coefficient (Wildman–Crippen LogP) is 1.59. The van der Waals surface area contributed by atoms with Crippen molar-refractivity contribution in [3.8, 4) is 0 Å². The van der Waals surface area contributed by atoms with E-state index >= 15 is 0 Å². The van der Waals surface area contributed by atoms with Gasteiger partial charge in [0.25, 0.3) is 0 Å². The zero-order valence-corrected chi connectivity index (χ0v) is 9.29. The van der Waals surface area contributed by atoms with Crippen LogP contribution in [0, 0.1) is 5.41 Å². The van der Waals surface area contributed by atoms with E-state index in [9.17, 15) is 5.11 Å². The van der Waals surface area contributed by atoms with Crippen molar-refractivity contribution in [3.05, 3.63) is 0 Å². The molecule has 1 aliphatic rings. The van der Waals surface area contributed by atoms with Crippen LogP contribution in [-0.4, -0.2) is 38.1 Å². The lowest BCUT2D eigenvalue weighted by atomic mass is 9.95. The van der Waals surface area contributed by atoms with Gasteiger partial charge in [0.2, 0.25) is 0 Å². The number of rotatable bonds is 8. The molecule has 0 aromatic carbocycles. The van der Waals surface area contributed by atoms with Gasteiger partial charge in [0.1, 0.15) is 0 Å². The molecule has 3 heteroatoms. The molecule has 0 radical (unpaired) electrons. The Labute approximate surface area is 86.4 Å². The summed E-state index contributed by atoms with van der Waals surface area (Å²) in [5.41, 5.74) is 0.241. The van der Waals surface area contributed by atoms with Gasteiger partial charge in [-0.25, -0.2) is 0 Å². The van der Waals surface area contributed by atoms with E-state index in [1.807, 2.05) is 6.92 Å². The van der Waals surface area contributed by atoms with Crippen molar-refractivity contribution >= 4 is 0 Å². The van der Waals surface area contributed by atoms with E-state index in [4.69, 9.17) is 9.47 Å². The molecular formula is C11H22O3. The molecule has 1 rings (SSSR count). The Balaban J connectivity index is 1.94. The van der Waals surface area contributed by atoms with Crippen molar-refractivity contribution in [1.82, 2.24) is 0 Å². The van der Waals surface area contributed by atoms with Gasteiger partial charge in [-0.2, -0.15) is 0 Å². The molecule has 1 saturated carbocycles. The largest absolute Gasteiger partial charge is 0.393 e. The maximum atomic E-state index is 9.52. The summed E-state index contributed by atoms with van der Waals surface area (Å²) in [6.07, 6.45) is 4.36. The first kappa shape index (κ1) is 12.0. The zero-order valence-electron chi connectivity index (χ0n) is 9.29. The first-order chi connectivity index (χ1) is 6.71. The fraction of sp³-hybridized carbons (Fsp3) is 1.00. The van der Waals surface area contributed by atoms with Crippen LogP contribution >= 0.6 is 0 Å². The third kappa shape index (κ3) is 3.56. The fourth-order valence-corrected chi connectivity index (χ4v) is 1.81. The van der Waals surface area contributed by atoms with Gasteiger partial charge < -0.3 is 14.6 Å². The molecule has 0 spiro atoms. The summed E-state index contributed by atoms with van der Waals surface area (Å²) in [4.78, 5) is 0. The van der Waals surface area contributed by atoms with Gasteiger partial charge in [0, 0.05) is 13.7 Å². The average molecular weight is 202 g/mol. The number of aliphatic hydroxyl groups is 1. The second kappa shape index (κ2) is 5.69. The number of ether oxygens (including phenoxy) is 2. The highest BCUT2D eigenvalue weighted by Gasteiger charge is 2.45. The standard InChI is InChI=1S/C11H22O3/c1-10(12)11(5-6-11)4-3-7-14-9-8-13-2/h10,12H,3-9H2,1-2H3. The minimum atomic E-state index is -0.151. The third-order valence-corrected chi connectivity index (χ3v) is 3.17. The second-order valence-electron chi connectivity index (χ2n) is 4.25. The molecule has 1 atom stereocenters. The van der Waals surface area contributed by atoms with Crippen molar-refractivity contribution in [1.29, 1.82) is 0 Å².